The van der Waals surface area contributed by atoms with Crippen LogP contribution in [0.5, 0.6) is 11.5 Å². The summed E-state index contributed by atoms with van der Waals surface area (Å²) in [5.41, 5.74) is 2.83. The van der Waals surface area contributed by atoms with Gasteiger partial charge in [-0.3, -0.25) is 9.79 Å². The molecular weight excluding hydrogens is 535 g/mol. The largest absolute Gasteiger partial charge is 0.493 e. The molecule has 0 aliphatic rings. The summed E-state index contributed by atoms with van der Waals surface area (Å²) in [5.74, 6) is 2.10. The van der Waals surface area contributed by atoms with E-state index in [4.69, 9.17) is 13.9 Å². The molecule has 0 saturated carbocycles. The Labute approximate surface area is 210 Å². The van der Waals surface area contributed by atoms with Crippen LogP contribution in [0.2, 0.25) is 0 Å². The van der Waals surface area contributed by atoms with Crippen molar-refractivity contribution in [3.8, 4) is 11.5 Å². The quantitative estimate of drug-likeness (QED) is 0.206. The monoisotopic (exact) mass is 564 g/mol. The van der Waals surface area contributed by atoms with Gasteiger partial charge < -0.3 is 29.8 Å². The SMILES string of the molecule is CN=C(NCCc1ccc(OC)c(OC)c1)NCc1cccc(NC(=O)c2ccco2)c1.I. The number of benzene rings is 2. The molecule has 33 heavy (non-hydrogen) atoms. The lowest BCUT2D eigenvalue weighted by atomic mass is 10.1. The van der Waals surface area contributed by atoms with Gasteiger partial charge in [0, 0.05) is 25.8 Å². The van der Waals surface area contributed by atoms with E-state index in [2.05, 4.69) is 20.9 Å². The van der Waals surface area contributed by atoms with Crippen LogP contribution in [0.25, 0.3) is 0 Å². The molecule has 1 amide bonds. The molecule has 0 saturated heterocycles. The number of anilines is 1. The van der Waals surface area contributed by atoms with E-state index < -0.39 is 0 Å². The molecule has 0 unspecified atom stereocenters. The summed E-state index contributed by atoms with van der Waals surface area (Å²) in [6.45, 7) is 1.26. The van der Waals surface area contributed by atoms with Crippen LogP contribution in [0, 0.1) is 0 Å². The maximum Gasteiger partial charge on any atom is 0.291 e. The molecule has 1 heterocycles. The van der Waals surface area contributed by atoms with Gasteiger partial charge in [-0.25, -0.2) is 0 Å². The second-order valence-corrected chi connectivity index (χ2v) is 6.92. The Morgan fingerprint density at radius 1 is 0.970 bits per heavy atom. The Hall–Kier alpha value is -3.21. The van der Waals surface area contributed by atoms with Crippen LogP contribution in [0.15, 0.2) is 70.3 Å². The van der Waals surface area contributed by atoms with Crippen LogP contribution in [0.3, 0.4) is 0 Å². The Kier molecular flexibility index (Phi) is 10.5. The normalized spacial score (nSPS) is 10.7. The number of aliphatic imine (C=N–C) groups is 1. The first-order valence-corrected chi connectivity index (χ1v) is 10.2. The van der Waals surface area contributed by atoms with E-state index in [1.165, 1.54) is 6.26 Å². The first kappa shape index (κ1) is 26.0. The number of amides is 1. The maximum absolute atomic E-state index is 12.1. The second-order valence-electron chi connectivity index (χ2n) is 6.92. The lowest BCUT2D eigenvalue weighted by molar-refractivity contribution is 0.0996. The van der Waals surface area contributed by atoms with Crippen molar-refractivity contribution in [1.82, 2.24) is 10.6 Å². The molecule has 3 rings (SSSR count). The molecule has 3 N–H and O–H groups in total. The third-order valence-electron chi connectivity index (χ3n) is 4.77. The van der Waals surface area contributed by atoms with Crippen molar-refractivity contribution in [3.63, 3.8) is 0 Å². The first-order chi connectivity index (χ1) is 15.6. The average Bonchev–Trinajstić information content (AvgIpc) is 3.36. The van der Waals surface area contributed by atoms with Gasteiger partial charge in [0.25, 0.3) is 5.91 Å². The minimum atomic E-state index is -0.284. The molecular formula is C24H29IN4O4. The van der Waals surface area contributed by atoms with E-state index in [1.807, 2.05) is 42.5 Å². The predicted octanol–water partition coefficient (Wildman–Crippen LogP) is 4.07. The van der Waals surface area contributed by atoms with E-state index in [1.54, 1.807) is 33.4 Å². The number of ether oxygens (including phenoxy) is 2. The van der Waals surface area contributed by atoms with E-state index >= 15 is 0 Å². The number of guanidine groups is 1. The van der Waals surface area contributed by atoms with Crippen molar-refractivity contribution in [2.24, 2.45) is 4.99 Å². The highest BCUT2D eigenvalue weighted by atomic mass is 127. The molecule has 0 aliphatic heterocycles. The first-order valence-electron chi connectivity index (χ1n) is 10.2. The fraction of sp³-hybridized carbons (Fsp3) is 0.250. The fourth-order valence-electron chi connectivity index (χ4n) is 3.13. The molecule has 0 radical (unpaired) electrons. The predicted molar refractivity (Wildman–Crippen MR) is 140 cm³/mol. The number of carbonyl (C=O) groups excluding carboxylic acids is 1. The molecule has 3 aromatic rings. The van der Waals surface area contributed by atoms with Crippen molar-refractivity contribution in [2.75, 3.05) is 33.1 Å². The van der Waals surface area contributed by atoms with Gasteiger partial charge in [-0.1, -0.05) is 18.2 Å². The summed E-state index contributed by atoms with van der Waals surface area (Å²) >= 11 is 0. The number of carbonyl (C=O) groups is 1. The van der Waals surface area contributed by atoms with Gasteiger partial charge in [-0.05, 0) is 53.9 Å². The van der Waals surface area contributed by atoms with E-state index in [-0.39, 0.29) is 35.6 Å². The molecule has 2 aromatic carbocycles. The fourth-order valence-corrected chi connectivity index (χ4v) is 3.13. The number of furan rings is 1. The highest BCUT2D eigenvalue weighted by molar-refractivity contribution is 14.0. The number of hydrogen-bond donors (Lipinski definition) is 3. The molecule has 9 heteroatoms. The Bertz CT molecular complexity index is 1050. The standard InChI is InChI=1S/C24H28N4O4.HI/c1-25-24(26-12-11-17-9-10-20(30-2)22(15-17)31-3)27-16-18-6-4-7-19(14-18)28-23(29)21-8-5-13-32-21;/h4-10,13-15H,11-12,16H2,1-3H3,(H,28,29)(H2,25,26,27);1H. The molecule has 176 valence electrons. The highest BCUT2D eigenvalue weighted by Crippen LogP contribution is 2.27. The number of halogens is 1. The van der Waals surface area contributed by atoms with Crippen molar-refractivity contribution in [2.45, 2.75) is 13.0 Å². The van der Waals surface area contributed by atoms with Crippen LogP contribution in [-0.4, -0.2) is 39.7 Å². The van der Waals surface area contributed by atoms with Crippen LogP contribution in [0.1, 0.15) is 21.7 Å². The summed E-state index contributed by atoms with van der Waals surface area (Å²) in [5, 5.41) is 9.42. The van der Waals surface area contributed by atoms with Gasteiger partial charge >= 0.3 is 0 Å². The van der Waals surface area contributed by atoms with Crippen LogP contribution in [-0.2, 0) is 13.0 Å². The van der Waals surface area contributed by atoms with Crippen LogP contribution in [0.4, 0.5) is 5.69 Å². The third kappa shape index (κ3) is 7.70. The zero-order valence-corrected chi connectivity index (χ0v) is 21.2. The molecule has 0 bridgehead atoms. The molecule has 0 aliphatic carbocycles. The van der Waals surface area contributed by atoms with Gasteiger partial charge in [-0.15, -0.1) is 24.0 Å². The second kappa shape index (κ2) is 13.4. The minimum absolute atomic E-state index is 0. The number of rotatable bonds is 9. The van der Waals surface area contributed by atoms with Gasteiger partial charge in [0.1, 0.15) is 0 Å². The Balaban J connectivity index is 0.00000385. The molecule has 0 spiro atoms. The van der Waals surface area contributed by atoms with E-state index in [0.29, 0.717) is 36.2 Å². The lowest BCUT2D eigenvalue weighted by Crippen LogP contribution is -2.37. The summed E-state index contributed by atoms with van der Waals surface area (Å²) in [7, 11) is 4.98. The Morgan fingerprint density at radius 2 is 1.79 bits per heavy atom. The van der Waals surface area contributed by atoms with E-state index in [9.17, 15) is 4.79 Å². The van der Waals surface area contributed by atoms with Gasteiger partial charge in [0.05, 0.1) is 20.5 Å². The zero-order chi connectivity index (χ0) is 22.8. The molecule has 0 atom stereocenters. The third-order valence-corrected chi connectivity index (χ3v) is 4.77. The summed E-state index contributed by atoms with van der Waals surface area (Å²) in [4.78, 5) is 16.4. The number of nitrogens with zero attached hydrogens (tertiary/aromatic N) is 1. The summed E-state index contributed by atoms with van der Waals surface area (Å²) in [6.07, 6.45) is 2.27. The number of methoxy groups -OCH3 is 2. The lowest BCUT2D eigenvalue weighted by Gasteiger charge is -2.13. The maximum atomic E-state index is 12.1. The van der Waals surface area contributed by atoms with Crippen LogP contribution >= 0.6 is 24.0 Å². The van der Waals surface area contributed by atoms with Crippen molar-refractivity contribution in [3.05, 3.63) is 77.7 Å². The smallest absolute Gasteiger partial charge is 0.291 e. The minimum Gasteiger partial charge on any atom is -0.493 e. The number of hydrogen-bond acceptors (Lipinski definition) is 5. The zero-order valence-electron chi connectivity index (χ0n) is 18.9. The highest BCUT2D eigenvalue weighted by Gasteiger charge is 2.09. The average molecular weight is 564 g/mol. The molecule has 1 aromatic heterocycles. The topological polar surface area (TPSA) is 97.1 Å². The summed E-state index contributed by atoms with van der Waals surface area (Å²) < 4.78 is 15.8. The molecule has 0 fully saturated rings. The van der Waals surface area contributed by atoms with Crippen molar-refractivity contribution in [1.29, 1.82) is 0 Å². The van der Waals surface area contributed by atoms with Gasteiger partial charge in [0.2, 0.25) is 0 Å². The number of nitrogens with one attached hydrogen (secondary N) is 3. The van der Waals surface area contributed by atoms with Gasteiger partial charge in [0.15, 0.2) is 23.2 Å². The van der Waals surface area contributed by atoms with Crippen molar-refractivity contribution >= 4 is 41.5 Å². The molecule has 8 nitrogen and oxygen atoms in total. The van der Waals surface area contributed by atoms with Crippen molar-refractivity contribution < 1.29 is 18.7 Å². The summed E-state index contributed by atoms with van der Waals surface area (Å²) in [6, 6.07) is 16.8. The Morgan fingerprint density at radius 3 is 2.48 bits per heavy atom. The van der Waals surface area contributed by atoms with E-state index in [0.717, 1.165) is 17.5 Å². The van der Waals surface area contributed by atoms with Crippen LogP contribution < -0.4 is 25.4 Å². The van der Waals surface area contributed by atoms with Gasteiger partial charge in [-0.2, -0.15) is 0 Å².